The van der Waals surface area contributed by atoms with Crippen molar-refractivity contribution in [3.05, 3.63) is 234 Å². The maximum atomic E-state index is 13.0. The highest BCUT2D eigenvalue weighted by atomic mass is 16.3. The summed E-state index contributed by atoms with van der Waals surface area (Å²) >= 11 is 0. The predicted molar refractivity (Wildman–Crippen MR) is 318 cm³/mol. The zero-order valence-electron chi connectivity index (χ0n) is 42.7. The average Bonchev–Trinajstić information content (AvgIpc) is 4.37. The molecule has 0 spiro atoms. The molecule has 0 unspecified atom stereocenters. The monoisotopic (exact) mass is 986 g/mol. The van der Waals surface area contributed by atoms with Crippen molar-refractivity contribution in [1.82, 2.24) is 23.3 Å². The third kappa shape index (κ3) is 5.92. The molecule has 0 amide bonds. The van der Waals surface area contributed by atoms with Gasteiger partial charge in [0.1, 0.15) is 17.2 Å². The van der Waals surface area contributed by atoms with Gasteiger partial charge < -0.3 is 22.7 Å². The number of aromatic nitrogens is 5. The maximum absolute atomic E-state index is 13.0. The van der Waals surface area contributed by atoms with Crippen molar-refractivity contribution >= 4 is 109 Å². The first-order chi connectivity index (χ1) is 37.8. The number of nitriles is 1. The van der Waals surface area contributed by atoms with E-state index in [2.05, 4.69) is 246 Å². The SMILES string of the molecule is Cc1ccc2c3ccccc3n(-c3c(C#N)c(-n4c5ccccc5c5ccc(C)cc54)c(-n4c5ccccc5c5ccc(C)cc54)c(-c4cccc5c4oc4ncccc45)c3-n3c4ccccc4c4ccc(C)cc43)c2c1. The summed E-state index contributed by atoms with van der Waals surface area (Å²) in [5, 5.41) is 23.7. The summed E-state index contributed by atoms with van der Waals surface area (Å²) in [4.78, 5) is 4.85. The number of nitrogens with zero attached hydrogens (tertiary/aromatic N) is 6. The summed E-state index contributed by atoms with van der Waals surface area (Å²) in [6.07, 6.45) is 1.80. The Labute approximate surface area is 441 Å². The molecule has 0 aliphatic rings. The summed E-state index contributed by atoms with van der Waals surface area (Å²) in [5.41, 5.74) is 19.3. The Morgan fingerprint density at radius 1 is 0.351 bits per heavy atom. The Morgan fingerprint density at radius 3 is 1.10 bits per heavy atom. The summed E-state index contributed by atoms with van der Waals surface area (Å²) in [7, 11) is 0. The van der Waals surface area contributed by atoms with Gasteiger partial charge in [0.2, 0.25) is 5.71 Å². The molecular weight excluding hydrogens is 941 g/mol. The smallest absolute Gasteiger partial charge is 0.227 e. The molecule has 0 bridgehead atoms. The molecule has 0 radical (unpaired) electrons. The zero-order valence-corrected chi connectivity index (χ0v) is 42.7. The van der Waals surface area contributed by atoms with Crippen LogP contribution in [0, 0.1) is 39.0 Å². The second kappa shape index (κ2) is 15.9. The first-order valence-electron chi connectivity index (χ1n) is 26.3. The molecule has 7 heteroatoms. The van der Waals surface area contributed by atoms with Crippen molar-refractivity contribution in [3.8, 4) is 39.9 Å². The van der Waals surface area contributed by atoms with Crippen molar-refractivity contribution in [2.75, 3.05) is 0 Å². The van der Waals surface area contributed by atoms with Crippen LogP contribution in [0.3, 0.4) is 0 Å². The molecule has 0 aliphatic heterocycles. The number of pyridine rings is 1. The van der Waals surface area contributed by atoms with Crippen LogP contribution in [0.1, 0.15) is 27.8 Å². The van der Waals surface area contributed by atoms with E-state index >= 15 is 0 Å². The van der Waals surface area contributed by atoms with Gasteiger partial charge in [-0.15, -0.1) is 0 Å². The number of fused-ring (bicyclic) bond motifs is 15. The highest BCUT2D eigenvalue weighted by Crippen LogP contribution is 2.53. The van der Waals surface area contributed by atoms with Crippen molar-refractivity contribution in [3.63, 3.8) is 0 Å². The highest BCUT2D eigenvalue weighted by Gasteiger charge is 2.36. The first-order valence-corrected chi connectivity index (χ1v) is 26.3. The van der Waals surface area contributed by atoms with Crippen LogP contribution < -0.4 is 0 Å². The number of hydrogen-bond acceptors (Lipinski definition) is 3. The van der Waals surface area contributed by atoms with Gasteiger partial charge in [0.05, 0.1) is 66.9 Å². The van der Waals surface area contributed by atoms with E-state index in [9.17, 15) is 5.26 Å². The molecule has 6 heterocycles. The molecule has 0 atom stereocenters. The number of benzene rings is 10. The second-order valence-electron chi connectivity index (χ2n) is 20.9. The largest absolute Gasteiger partial charge is 0.437 e. The molecule has 7 nitrogen and oxygen atoms in total. The Hall–Kier alpha value is -10.2. The van der Waals surface area contributed by atoms with E-state index < -0.39 is 0 Å². The van der Waals surface area contributed by atoms with E-state index in [-0.39, 0.29) is 0 Å². The lowest BCUT2D eigenvalue weighted by Crippen LogP contribution is -2.16. The van der Waals surface area contributed by atoms with E-state index in [0.717, 1.165) is 154 Å². The molecule has 0 fully saturated rings. The van der Waals surface area contributed by atoms with Crippen LogP contribution in [0.2, 0.25) is 0 Å². The lowest BCUT2D eigenvalue weighted by atomic mass is 9.92. The quantitative estimate of drug-likeness (QED) is 0.172. The standard InChI is InChI=1S/C70H46N6O/c1-40-26-30-48-44-15-5-9-22-56(44)73(60(48)35-40)65-55(39-71)66(74-57-23-10-6-16-45(57)49-31-27-41(2)36-61(49)74)68(76-59-25-12-8-18-47(59)51-33-29-43(4)38-63(51)76)64(54-20-13-19-52-53-21-14-34-72-70(53)77-69(52)54)67(65)75-58-24-11-7-17-46(58)50-32-28-42(3)37-62(50)75/h5-38H,1-4H3. The van der Waals surface area contributed by atoms with Gasteiger partial charge in [-0.1, -0.05) is 140 Å². The molecule has 0 saturated heterocycles. The van der Waals surface area contributed by atoms with Crippen LogP contribution in [-0.4, -0.2) is 23.3 Å². The minimum atomic E-state index is 0.516. The summed E-state index contributed by atoms with van der Waals surface area (Å²) in [5.74, 6) is 0. The molecule has 16 rings (SSSR count). The Bertz CT molecular complexity index is 5030. The Morgan fingerprint density at radius 2 is 0.701 bits per heavy atom. The van der Waals surface area contributed by atoms with E-state index in [1.54, 1.807) is 6.20 Å². The number of para-hydroxylation sites is 5. The van der Waals surface area contributed by atoms with Gasteiger partial charge in [-0.3, -0.25) is 0 Å². The fourth-order valence-electron chi connectivity index (χ4n) is 13.0. The minimum absolute atomic E-state index is 0.516. The minimum Gasteiger partial charge on any atom is -0.437 e. The van der Waals surface area contributed by atoms with Crippen LogP contribution in [-0.2, 0) is 0 Å². The molecular formula is C70H46N6O. The third-order valence-electron chi connectivity index (χ3n) is 16.3. The predicted octanol–water partition coefficient (Wildman–Crippen LogP) is 18.1. The number of hydrogen-bond donors (Lipinski definition) is 0. The van der Waals surface area contributed by atoms with Gasteiger partial charge in [-0.05, 0) is 111 Å². The van der Waals surface area contributed by atoms with Gasteiger partial charge in [-0.2, -0.15) is 5.26 Å². The summed E-state index contributed by atoms with van der Waals surface area (Å²) in [6, 6.07) is 75.5. The van der Waals surface area contributed by atoms with Gasteiger partial charge in [0.25, 0.3) is 0 Å². The van der Waals surface area contributed by atoms with Crippen molar-refractivity contribution < 1.29 is 4.42 Å². The molecule has 362 valence electrons. The molecule has 6 aromatic heterocycles. The fourth-order valence-corrected chi connectivity index (χ4v) is 13.0. The Kier molecular flexibility index (Phi) is 8.95. The summed E-state index contributed by atoms with van der Waals surface area (Å²) < 4.78 is 16.9. The molecule has 0 aliphatic carbocycles. The third-order valence-corrected chi connectivity index (χ3v) is 16.3. The second-order valence-corrected chi connectivity index (χ2v) is 20.9. The van der Waals surface area contributed by atoms with Gasteiger partial charge >= 0.3 is 0 Å². The van der Waals surface area contributed by atoms with Crippen molar-refractivity contribution in [2.45, 2.75) is 27.7 Å². The van der Waals surface area contributed by atoms with Crippen LogP contribution in [0.15, 0.2) is 211 Å². The average molecular weight is 987 g/mol. The molecule has 0 saturated carbocycles. The maximum Gasteiger partial charge on any atom is 0.227 e. The van der Waals surface area contributed by atoms with Crippen molar-refractivity contribution in [2.24, 2.45) is 0 Å². The fraction of sp³-hybridized carbons (Fsp3) is 0.0571. The van der Waals surface area contributed by atoms with E-state index in [1.165, 1.54) is 0 Å². The van der Waals surface area contributed by atoms with Crippen LogP contribution >= 0.6 is 0 Å². The molecule has 0 N–H and O–H groups in total. The Balaban J connectivity index is 1.30. The zero-order chi connectivity index (χ0) is 51.4. The van der Waals surface area contributed by atoms with Crippen LogP contribution in [0.4, 0.5) is 0 Å². The van der Waals surface area contributed by atoms with Gasteiger partial charge in [-0.25, -0.2) is 4.98 Å². The molecule has 10 aromatic carbocycles. The lowest BCUT2D eigenvalue weighted by Gasteiger charge is -2.29. The van der Waals surface area contributed by atoms with Gasteiger partial charge in [0, 0.05) is 71.2 Å². The van der Waals surface area contributed by atoms with Crippen LogP contribution in [0.5, 0.6) is 0 Å². The highest BCUT2D eigenvalue weighted by molar-refractivity contribution is 6.19. The first kappa shape index (κ1) is 43.3. The van der Waals surface area contributed by atoms with E-state index in [4.69, 9.17) is 9.40 Å². The number of furan rings is 1. The number of aryl methyl sites for hydroxylation is 4. The molecule has 16 aromatic rings. The van der Waals surface area contributed by atoms with Gasteiger partial charge in [0.15, 0.2) is 0 Å². The topological polar surface area (TPSA) is 69.5 Å². The summed E-state index contributed by atoms with van der Waals surface area (Å²) in [6.45, 7) is 8.65. The lowest BCUT2D eigenvalue weighted by molar-refractivity contribution is 0.655. The van der Waals surface area contributed by atoms with Crippen molar-refractivity contribution in [1.29, 1.82) is 5.26 Å². The van der Waals surface area contributed by atoms with Crippen LogP contribution in [0.25, 0.3) is 143 Å². The van der Waals surface area contributed by atoms with E-state index in [1.807, 2.05) is 6.07 Å². The van der Waals surface area contributed by atoms with E-state index in [0.29, 0.717) is 16.9 Å². The number of rotatable bonds is 5. The molecule has 77 heavy (non-hydrogen) atoms. The normalized spacial score (nSPS) is 12.1.